The molecule has 0 saturated heterocycles. The highest BCUT2D eigenvalue weighted by Crippen LogP contribution is 2.66. The van der Waals surface area contributed by atoms with E-state index in [1.165, 1.54) is 31.3 Å². The number of fused-ring (bicyclic) bond motifs is 5. The molecule has 28 heavy (non-hydrogen) atoms. The van der Waals surface area contributed by atoms with Gasteiger partial charge in [0, 0.05) is 17.9 Å². The Hall–Kier alpha value is -1.70. The average molecular weight is 377 g/mol. The molecule has 3 fully saturated rings. The van der Waals surface area contributed by atoms with Crippen molar-refractivity contribution in [2.24, 2.45) is 34.5 Å². The molecule has 1 aromatic rings. The van der Waals surface area contributed by atoms with Gasteiger partial charge in [0.05, 0.1) is 0 Å². The van der Waals surface area contributed by atoms with Crippen molar-refractivity contribution in [3.8, 4) is 0 Å². The van der Waals surface area contributed by atoms with Crippen molar-refractivity contribution in [1.82, 2.24) is 0 Å². The molecule has 4 aliphatic rings. The molecule has 0 bridgehead atoms. The van der Waals surface area contributed by atoms with Crippen LogP contribution in [0.3, 0.4) is 0 Å². The van der Waals surface area contributed by atoms with Crippen molar-refractivity contribution >= 4 is 11.6 Å². The van der Waals surface area contributed by atoms with E-state index in [9.17, 15) is 9.59 Å². The lowest BCUT2D eigenvalue weighted by atomic mass is 9.46. The maximum atomic E-state index is 13.3. The fourth-order valence-electron chi connectivity index (χ4n) is 7.79. The van der Waals surface area contributed by atoms with Gasteiger partial charge in [-0.05, 0) is 79.6 Å². The van der Waals surface area contributed by atoms with Crippen LogP contribution in [-0.4, -0.2) is 11.6 Å². The third-order valence-electron chi connectivity index (χ3n) is 9.34. The molecule has 0 aliphatic heterocycles. The van der Waals surface area contributed by atoms with Gasteiger partial charge in [-0.15, -0.1) is 0 Å². The average Bonchev–Trinajstić information content (AvgIpc) is 3.06. The number of hydrogen-bond acceptors (Lipinski definition) is 2. The molecule has 0 aromatic heterocycles. The van der Waals surface area contributed by atoms with Crippen molar-refractivity contribution in [2.45, 2.75) is 65.2 Å². The summed E-state index contributed by atoms with van der Waals surface area (Å²) in [6.45, 7) is 4.86. The lowest BCUT2D eigenvalue weighted by molar-refractivity contribution is -0.117. The predicted octanol–water partition coefficient (Wildman–Crippen LogP) is 6.02. The van der Waals surface area contributed by atoms with Crippen LogP contribution in [0.1, 0.15) is 75.6 Å². The van der Waals surface area contributed by atoms with Gasteiger partial charge in [0.15, 0.2) is 11.6 Å². The molecule has 2 heteroatoms. The molecular formula is C26H32O2. The van der Waals surface area contributed by atoms with Crippen molar-refractivity contribution < 1.29 is 9.59 Å². The third-order valence-corrected chi connectivity index (χ3v) is 9.34. The molecule has 4 aliphatic carbocycles. The Kier molecular flexibility index (Phi) is 4.19. The Morgan fingerprint density at radius 2 is 1.71 bits per heavy atom. The maximum Gasteiger partial charge on any atom is 0.166 e. The summed E-state index contributed by atoms with van der Waals surface area (Å²) in [6, 6.07) is 9.94. The van der Waals surface area contributed by atoms with Gasteiger partial charge in [0.2, 0.25) is 0 Å². The van der Waals surface area contributed by atoms with E-state index in [-0.39, 0.29) is 16.7 Å². The van der Waals surface area contributed by atoms with Gasteiger partial charge in [-0.3, -0.25) is 9.59 Å². The lowest BCUT2D eigenvalue weighted by Crippen LogP contribution is -2.51. The van der Waals surface area contributed by atoms with E-state index in [4.69, 9.17) is 0 Å². The van der Waals surface area contributed by atoms with Crippen molar-refractivity contribution in [3.05, 3.63) is 47.5 Å². The Morgan fingerprint density at radius 3 is 2.50 bits per heavy atom. The van der Waals surface area contributed by atoms with Crippen molar-refractivity contribution in [3.63, 3.8) is 0 Å². The highest BCUT2D eigenvalue weighted by molar-refractivity contribution is 5.98. The van der Waals surface area contributed by atoms with Crippen LogP contribution < -0.4 is 0 Å². The highest BCUT2D eigenvalue weighted by atomic mass is 16.1. The Labute approximate surface area is 168 Å². The molecule has 1 aromatic carbocycles. The zero-order chi connectivity index (χ0) is 19.5. The number of hydrogen-bond donors (Lipinski definition) is 0. The number of allylic oxidation sites excluding steroid dienone is 1. The molecule has 0 N–H and O–H groups in total. The SMILES string of the molecule is C[C@]12CC[C@H]3[C@@H](CCC4=CC(=O)CC[C@@]43C)[C@@H]1CC[C@@H]2C(=O)c1ccccc1. The Morgan fingerprint density at radius 1 is 0.929 bits per heavy atom. The van der Waals surface area contributed by atoms with E-state index in [0.29, 0.717) is 23.4 Å². The minimum Gasteiger partial charge on any atom is -0.295 e. The van der Waals surface area contributed by atoms with Crippen LogP contribution in [0.25, 0.3) is 0 Å². The van der Waals surface area contributed by atoms with E-state index in [0.717, 1.165) is 37.2 Å². The molecule has 0 radical (unpaired) electrons. The van der Waals surface area contributed by atoms with Crippen LogP contribution in [0.4, 0.5) is 0 Å². The first-order valence-corrected chi connectivity index (χ1v) is 11.3. The summed E-state index contributed by atoms with van der Waals surface area (Å²) in [5.41, 5.74) is 2.70. The monoisotopic (exact) mass is 376 g/mol. The lowest BCUT2D eigenvalue weighted by Gasteiger charge is -2.58. The first-order chi connectivity index (χ1) is 13.4. The van der Waals surface area contributed by atoms with Crippen molar-refractivity contribution in [2.75, 3.05) is 0 Å². The van der Waals surface area contributed by atoms with Crippen LogP contribution in [0.15, 0.2) is 42.0 Å². The zero-order valence-electron chi connectivity index (χ0n) is 17.2. The number of carbonyl (C=O) groups excluding carboxylic acids is 2. The molecule has 148 valence electrons. The number of Topliss-reactive ketones (excluding diaryl/α,β-unsaturated/α-hetero) is 1. The molecular weight excluding hydrogens is 344 g/mol. The minimum absolute atomic E-state index is 0.149. The topological polar surface area (TPSA) is 34.1 Å². The highest BCUT2D eigenvalue weighted by Gasteiger charge is 2.60. The van der Waals surface area contributed by atoms with Crippen LogP contribution in [0.2, 0.25) is 0 Å². The van der Waals surface area contributed by atoms with Gasteiger partial charge >= 0.3 is 0 Å². The van der Waals surface area contributed by atoms with E-state index < -0.39 is 0 Å². The van der Waals surface area contributed by atoms with E-state index >= 15 is 0 Å². The standard InChI is InChI=1S/C26H32O2/c1-25-14-12-19(27)16-18(25)8-9-20-21-10-11-23(26(21,2)15-13-22(20)25)24(28)17-6-4-3-5-7-17/h3-7,16,20-23H,8-15H2,1-2H3/t20-,21-,22-,23+,25-,26-/m0/s1. The molecule has 0 amide bonds. The van der Waals surface area contributed by atoms with E-state index in [1.54, 1.807) is 0 Å². The maximum absolute atomic E-state index is 13.3. The first-order valence-electron chi connectivity index (χ1n) is 11.3. The zero-order valence-corrected chi connectivity index (χ0v) is 17.2. The van der Waals surface area contributed by atoms with Gasteiger partial charge in [-0.25, -0.2) is 0 Å². The van der Waals surface area contributed by atoms with Crippen LogP contribution in [0, 0.1) is 34.5 Å². The summed E-state index contributed by atoms with van der Waals surface area (Å²) >= 11 is 0. The summed E-state index contributed by atoms with van der Waals surface area (Å²) in [5.74, 6) is 2.97. The van der Waals surface area contributed by atoms with Gasteiger partial charge in [0.25, 0.3) is 0 Å². The van der Waals surface area contributed by atoms with Crippen LogP contribution >= 0.6 is 0 Å². The summed E-state index contributed by atoms with van der Waals surface area (Å²) in [7, 11) is 0. The van der Waals surface area contributed by atoms with Gasteiger partial charge in [-0.1, -0.05) is 49.8 Å². The third kappa shape index (κ3) is 2.52. The Bertz CT molecular complexity index is 837. The van der Waals surface area contributed by atoms with Gasteiger partial charge < -0.3 is 0 Å². The van der Waals surface area contributed by atoms with E-state index in [1.807, 2.05) is 36.4 Å². The fourth-order valence-corrected chi connectivity index (χ4v) is 7.79. The number of benzene rings is 1. The number of rotatable bonds is 2. The van der Waals surface area contributed by atoms with Gasteiger partial charge in [-0.2, -0.15) is 0 Å². The van der Waals surface area contributed by atoms with Crippen LogP contribution in [-0.2, 0) is 4.79 Å². The smallest absolute Gasteiger partial charge is 0.166 e. The normalized spacial score (nSPS) is 42.2. The fraction of sp³-hybridized carbons (Fsp3) is 0.615. The van der Waals surface area contributed by atoms with Crippen LogP contribution in [0.5, 0.6) is 0 Å². The molecule has 6 atom stereocenters. The second-order valence-electron chi connectivity index (χ2n) is 10.4. The predicted molar refractivity (Wildman–Crippen MR) is 111 cm³/mol. The largest absolute Gasteiger partial charge is 0.295 e. The summed E-state index contributed by atoms with van der Waals surface area (Å²) in [4.78, 5) is 25.3. The molecule has 0 unspecified atom stereocenters. The second kappa shape index (κ2) is 6.40. The summed E-state index contributed by atoms with van der Waals surface area (Å²) in [6.07, 6.45) is 10.7. The molecule has 5 rings (SSSR count). The van der Waals surface area contributed by atoms with Crippen molar-refractivity contribution in [1.29, 1.82) is 0 Å². The van der Waals surface area contributed by atoms with E-state index in [2.05, 4.69) is 13.8 Å². The molecule has 0 spiro atoms. The first kappa shape index (κ1) is 18.3. The van der Waals surface area contributed by atoms with Gasteiger partial charge in [0.1, 0.15) is 0 Å². The number of carbonyl (C=O) groups is 2. The summed E-state index contributed by atoms with van der Waals surface area (Å²) in [5, 5.41) is 0. The quantitative estimate of drug-likeness (QED) is 0.592. The Balaban J connectivity index is 1.44. The number of ketones is 2. The second-order valence-corrected chi connectivity index (χ2v) is 10.4. The molecule has 2 nitrogen and oxygen atoms in total. The minimum atomic E-state index is 0.149. The summed E-state index contributed by atoms with van der Waals surface area (Å²) < 4.78 is 0. The molecule has 0 heterocycles. The molecule has 3 saturated carbocycles.